The van der Waals surface area contributed by atoms with E-state index in [0.29, 0.717) is 16.3 Å². The highest BCUT2D eigenvalue weighted by Crippen LogP contribution is 2.26. The molecule has 2 aromatic rings. The number of aromatic nitrogens is 2. The van der Waals surface area contributed by atoms with E-state index in [1.807, 2.05) is 0 Å². The quantitative estimate of drug-likeness (QED) is 0.861. The first-order valence-electron chi connectivity index (χ1n) is 5.01. The van der Waals surface area contributed by atoms with Crippen LogP contribution in [0.1, 0.15) is 25.7 Å². The van der Waals surface area contributed by atoms with Crippen molar-refractivity contribution in [3.63, 3.8) is 0 Å². The number of nitrogens with zero attached hydrogens (tertiary/aromatic N) is 2. The molecular weight excluding hydrogens is 295 g/mol. The maximum Gasteiger partial charge on any atom is 0.433 e. The zero-order valence-corrected chi connectivity index (χ0v) is 10.6. The number of halogens is 3. The number of rotatable bonds is 2. The minimum atomic E-state index is -4.44. The molecule has 0 radical (unpaired) electrons. The fraction of sp³-hybridized carbons (Fsp3) is 0.0909. The highest BCUT2D eigenvalue weighted by Gasteiger charge is 2.31. The second-order valence-corrected chi connectivity index (χ2v) is 4.40. The molecule has 0 aromatic carbocycles. The lowest BCUT2D eigenvalue weighted by atomic mass is 10.3. The lowest BCUT2D eigenvalue weighted by Gasteiger charge is -2.03. The summed E-state index contributed by atoms with van der Waals surface area (Å²) in [6, 6.07) is 1.84. The number of nitrogens with two attached hydrogens (primary N) is 1. The van der Waals surface area contributed by atoms with Crippen LogP contribution in [0.15, 0.2) is 24.5 Å². The van der Waals surface area contributed by atoms with E-state index in [4.69, 9.17) is 5.73 Å². The number of carbonyl (C=O) groups is 2. The fourth-order valence-electron chi connectivity index (χ4n) is 0.998. The molecule has 2 rings (SSSR count). The molecule has 0 unspecified atom stereocenters. The molecule has 0 bridgehead atoms. The fourth-order valence-corrected chi connectivity index (χ4v) is 1.50. The standard InChI is InChI=1S/C7H4F3NO.C4H4N2OS/c8-7(9,10)6-2-1-5(4-12)3-11-6;5-4-6-1-3(2-7)8-4/h1-4H;1-2H,(H2,5,6). The molecular formula is C11H8F3N3O2S. The van der Waals surface area contributed by atoms with E-state index >= 15 is 0 Å². The van der Waals surface area contributed by atoms with Crippen LogP contribution in [-0.2, 0) is 6.18 Å². The molecule has 20 heavy (non-hydrogen) atoms. The molecule has 0 aliphatic heterocycles. The largest absolute Gasteiger partial charge is 0.433 e. The van der Waals surface area contributed by atoms with Crippen molar-refractivity contribution in [3.05, 3.63) is 40.7 Å². The average Bonchev–Trinajstić information content (AvgIpc) is 2.84. The third-order valence-corrected chi connectivity index (χ3v) is 2.62. The smallest absolute Gasteiger partial charge is 0.375 e. The summed E-state index contributed by atoms with van der Waals surface area (Å²) in [5, 5.41) is 0.437. The van der Waals surface area contributed by atoms with Gasteiger partial charge in [-0.05, 0) is 12.1 Å². The summed E-state index contributed by atoms with van der Waals surface area (Å²) in [5.41, 5.74) is 4.34. The predicted octanol–water partition coefficient (Wildman–Crippen LogP) is 2.45. The Kier molecular flexibility index (Phi) is 5.32. The molecule has 2 heterocycles. The summed E-state index contributed by atoms with van der Waals surface area (Å²) >= 11 is 1.19. The van der Waals surface area contributed by atoms with E-state index in [1.54, 1.807) is 0 Å². The van der Waals surface area contributed by atoms with Crippen LogP contribution in [-0.4, -0.2) is 22.5 Å². The molecule has 0 fully saturated rings. The summed E-state index contributed by atoms with van der Waals surface area (Å²) < 4.78 is 35.6. The first kappa shape index (κ1) is 15.8. The second kappa shape index (κ2) is 6.75. The van der Waals surface area contributed by atoms with Gasteiger partial charge < -0.3 is 5.73 Å². The SMILES string of the molecule is Nc1ncc(C=O)s1.O=Cc1ccc(C(F)(F)F)nc1. The monoisotopic (exact) mass is 303 g/mol. The van der Waals surface area contributed by atoms with Crippen LogP contribution in [0, 0.1) is 0 Å². The van der Waals surface area contributed by atoms with E-state index in [2.05, 4.69) is 9.97 Å². The highest BCUT2D eigenvalue weighted by atomic mass is 32.1. The number of anilines is 1. The van der Waals surface area contributed by atoms with Crippen molar-refractivity contribution in [2.45, 2.75) is 6.18 Å². The van der Waals surface area contributed by atoms with Crippen LogP contribution in [0.5, 0.6) is 0 Å². The summed E-state index contributed by atoms with van der Waals surface area (Å²) in [7, 11) is 0. The van der Waals surface area contributed by atoms with Crippen LogP contribution in [0.25, 0.3) is 0 Å². The van der Waals surface area contributed by atoms with Crippen LogP contribution in [0.4, 0.5) is 18.3 Å². The Morgan fingerprint density at radius 3 is 2.10 bits per heavy atom. The molecule has 2 N–H and O–H groups in total. The molecule has 106 valence electrons. The number of hydrogen-bond donors (Lipinski definition) is 1. The van der Waals surface area contributed by atoms with Crippen LogP contribution >= 0.6 is 11.3 Å². The molecule has 0 aliphatic rings. The second-order valence-electron chi connectivity index (χ2n) is 3.31. The molecule has 2 aromatic heterocycles. The topological polar surface area (TPSA) is 85.9 Å². The van der Waals surface area contributed by atoms with Crippen molar-refractivity contribution in [2.75, 3.05) is 5.73 Å². The molecule has 0 spiro atoms. The molecule has 9 heteroatoms. The van der Waals surface area contributed by atoms with E-state index in [0.717, 1.165) is 24.6 Å². The van der Waals surface area contributed by atoms with Crippen LogP contribution in [0.3, 0.4) is 0 Å². The van der Waals surface area contributed by atoms with Gasteiger partial charge in [0.05, 0.1) is 11.1 Å². The van der Waals surface area contributed by atoms with Gasteiger partial charge in [0.15, 0.2) is 17.7 Å². The normalized spacial score (nSPS) is 10.3. The van der Waals surface area contributed by atoms with Gasteiger partial charge in [-0.3, -0.25) is 14.6 Å². The minimum absolute atomic E-state index is 0.128. The third kappa shape index (κ3) is 4.76. The summed E-state index contributed by atoms with van der Waals surface area (Å²) in [4.78, 5) is 27.3. The van der Waals surface area contributed by atoms with E-state index in [9.17, 15) is 22.8 Å². The lowest BCUT2D eigenvalue weighted by molar-refractivity contribution is -0.141. The number of pyridine rings is 1. The number of alkyl halides is 3. The van der Waals surface area contributed by atoms with Crippen LogP contribution in [0.2, 0.25) is 0 Å². The Bertz CT molecular complexity index is 581. The van der Waals surface area contributed by atoms with Crippen molar-refractivity contribution in [3.8, 4) is 0 Å². The summed E-state index contributed by atoms with van der Waals surface area (Å²) in [6.45, 7) is 0. The van der Waals surface area contributed by atoms with Gasteiger partial charge in [0.2, 0.25) is 0 Å². The van der Waals surface area contributed by atoms with Gasteiger partial charge in [-0.2, -0.15) is 13.2 Å². The number of aldehydes is 2. The van der Waals surface area contributed by atoms with Gasteiger partial charge in [-0.15, -0.1) is 0 Å². The van der Waals surface area contributed by atoms with Gasteiger partial charge >= 0.3 is 6.18 Å². The molecule has 0 saturated heterocycles. The first-order valence-corrected chi connectivity index (χ1v) is 5.83. The zero-order valence-electron chi connectivity index (χ0n) is 9.79. The van der Waals surface area contributed by atoms with Crippen molar-refractivity contribution in [1.82, 2.24) is 9.97 Å². The summed E-state index contributed by atoms with van der Waals surface area (Å²) in [5.74, 6) is 0. The Morgan fingerprint density at radius 1 is 1.10 bits per heavy atom. The molecule has 0 aliphatic carbocycles. The van der Waals surface area contributed by atoms with Gasteiger partial charge in [-0.1, -0.05) is 11.3 Å². The number of thiazole rings is 1. The number of nitrogen functional groups attached to an aromatic ring is 1. The minimum Gasteiger partial charge on any atom is -0.375 e. The van der Waals surface area contributed by atoms with Gasteiger partial charge in [0.1, 0.15) is 5.69 Å². The maximum absolute atomic E-state index is 11.9. The Hall–Kier alpha value is -2.29. The predicted molar refractivity (Wildman–Crippen MR) is 66.5 cm³/mol. The Morgan fingerprint density at radius 2 is 1.80 bits per heavy atom. The first-order chi connectivity index (χ1) is 9.36. The van der Waals surface area contributed by atoms with E-state index < -0.39 is 11.9 Å². The lowest BCUT2D eigenvalue weighted by Crippen LogP contribution is -2.07. The Labute approximate surface area is 115 Å². The van der Waals surface area contributed by atoms with E-state index in [-0.39, 0.29) is 5.56 Å². The average molecular weight is 303 g/mol. The molecule has 0 amide bonds. The highest BCUT2D eigenvalue weighted by molar-refractivity contribution is 7.16. The van der Waals surface area contributed by atoms with Gasteiger partial charge in [-0.25, -0.2) is 4.98 Å². The van der Waals surface area contributed by atoms with Crippen molar-refractivity contribution < 1.29 is 22.8 Å². The maximum atomic E-state index is 11.9. The van der Waals surface area contributed by atoms with Crippen LogP contribution < -0.4 is 5.73 Å². The Balaban J connectivity index is 0.000000217. The zero-order chi connectivity index (χ0) is 15.2. The number of carbonyl (C=O) groups excluding carboxylic acids is 2. The van der Waals surface area contributed by atoms with Gasteiger partial charge in [0, 0.05) is 11.8 Å². The molecule has 0 saturated carbocycles. The summed E-state index contributed by atoms with van der Waals surface area (Å²) in [6.07, 6.45) is -0.939. The molecule has 0 atom stereocenters. The van der Waals surface area contributed by atoms with Gasteiger partial charge in [0.25, 0.3) is 0 Å². The molecule has 5 nitrogen and oxygen atoms in total. The van der Waals surface area contributed by atoms with Crippen molar-refractivity contribution in [1.29, 1.82) is 0 Å². The van der Waals surface area contributed by atoms with Crippen molar-refractivity contribution in [2.24, 2.45) is 0 Å². The number of hydrogen-bond acceptors (Lipinski definition) is 6. The third-order valence-electron chi connectivity index (χ3n) is 1.87. The van der Waals surface area contributed by atoms with Crippen molar-refractivity contribution >= 4 is 29.0 Å². The van der Waals surface area contributed by atoms with E-state index in [1.165, 1.54) is 17.5 Å².